The molecule has 4 heterocycles. The summed E-state index contributed by atoms with van der Waals surface area (Å²) in [4.78, 5) is 31.1. The number of halogens is 3. The van der Waals surface area contributed by atoms with Gasteiger partial charge in [-0.25, -0.2) is 9.59 Å². The summed E-state index contributed by atoms with van der Waals surface area (Å²) in [7, 11) is 0. The Hall–Kier alpha value is -4.10. The highest BCUT2D eigenvalue weighted by atomic mass is 19.4. The monoisotopic (exact) mass is 583 g/mol. The highest BCUT2D eigenvalue weighted by molar-refractivity contribution is 5.75. The maximum atomic E-state index is 13.1. The number of aliphatic hydroxyl groups excluding tert-OH is 1. The van der Waals surface area contributed by atoms with Crippen LogP contribution < -0.4 is 11.4 Å². The van der Waals surface area contributed by atoms with Gasteiger partial charge in [-0.1, -0.05) is 24.3 Å². The summed E-state index contributed by atoms with van der Waals surface area (Å²) < 4.78 is 42.9. The van der Waals surface area contributed by atoms with Crippen LogP contribution in [0.2, 0.25) is 0 Å². The number of imidazole rings is 1. The number of H-pyrrole nitrogens is 1. The van der Waals surface area contributed by atoms with E-state index in [0.717, 1.165) is 60.4 Å². The summed E-state index contributed by atoms with van der Waals surface area (Å²) in [6, 6.07) is 11.9. The Labute approximate surface area is 239 Å². The van der Waals surface area contributed by atoms with Crippen LogP contribution in [0.5, 0.6) is 0 Å². The first-order valence-electron chi connectivity index (χ1n) is 14.0. The van der Waals surface area contributed by atoms with E-state index in [1.807, 2.05) is 28.8 Å². The summed E-state index contributed by atoms with van der Waals surface area (Å²) in [5.41, 5.74) is 8.87. The van der Waals surface area contributed by atoms with Crippen molar-refractivity contribution in [2.75, 3.05) is 26.2 Å². The molecule has 2 aliphatic rings. The Morgan fingerprint density at radius 2 is 1.79 bits per heavy atom. The van der Waals surface area contributed by atoms with Gasteiger partial charge in [-0.2, -0.15) is 18.3 Å². The van der Waals surface area contributed by atoms with Crippen molar-refractivity contribution in [3.05, 3.63) is 75.8 Å². The van der Waals surface area contributed by atoms with Crippen molar-refractivity contribution in [1.29, 1.82) is 0 Å². The number of piperidine rings is 1. The number of amides is 2. The summed E-state index contributed by atoms with van der Waals surface area (Å²) in [5.74, 6) is 0. The Morgan fingerprint density at radius 1 is 1.07 bits per heavy atom. The molecule has 10 nitrogen and oxygen atoms in total. The quantitative estimate of drug-likeness (QED) is 0.321. The van der Waals surface area contributed by atoms with E-state index in [0.29, 0.717) is 30.8 Å². The maximum absolute atomic E-state index is 13.1. The molecule has 1 saturated heterocycles. The lowest BCUT2D eigenvalue weighted by molar-refractivity contribution is -0.137. The van der Waals surface area contributed by atoms with Crippen LogP contribution >= 0.6 is 0 Å². The number of aliphatic hydroxyl groups is 1. The number of urea groups is 1. The highest BCUT2D eigenvalue weighted by Crippen LogP contribution is 2.34. The predicted octanol–water partition coefficient (Wildman–Crippen LogP) is 3.35. The third-order valence-electron chi connectivity index (χ3n) is 8.33. The minimum atomic E-state index is -4.45. The molecule has 222 valence electrons. The second-order valence-corrected chi connectivity index (χ2v) is 11.0. The van der Waals surface area contributed by atoms with Crippen molar-refractivity contribution in [3.63, 3.8) is 0 Å². The number of aromatic amines is 1. The minimum absolute atomic E-state index is 0.0691. The highest BCUT2D eigenvalue weighted by Gasteiger charge is 2.32. The number of carbonyl (C=O) groups excluding carboxylic acids is 1. The zero-order chi connectivity index (χ0) is 29.6. The molecule has 0 saturated carbocycles. The van der Waals surface area contributed by atoms with Gasteiger partial charge in [0.1, 0.15) is 0 Å². The van der Waals surface area contributed by atoms with E-state index in [9.17, 15) is 27.9 Å². The molecule has 4 aromatic rings. The lowest BCUT2D eigenvalue weighted by Gasteiger charge is -2.33. The molecule has 2 amide bonds. The van der Waals surface area contributed by atoms with Gasteiger partial charge in [0.15, 0.2) is 0 Å². The topological polar surface area (TPSA) is 125 Å². The molecule has 2 aromatic carbocycles. The van der Waals surface area contributed by atoms with E-state index >= 15 is 0 Å². The lowest BCUT2D eigenvalue weighted by Crippen LogP contribution is -2.42. The molecular formula is C29H32F3N7O3. The number of hydrogen-bond acceptors (Lipinski definition) is 5. The molecule has 42 heavy (non-hydrogen) atoms. The Balaban J connectivity index is 1.16. The fourth-order valence-electron chi connectivity index (χ4n) is 6.23. The van der Waals surface area contributed by atoms with Crippen molar-refractivity contribution in [3.8, 4) is 11.3 Å². The van der Waals surface area contributed by atoms with E-state index in [-0.39, 0.29) is 24.8 Å². The largest absolute Gasteiger partial charge is 0.416 e. The number of primary amides is 1. The number of β-amino-alcohol motifs (C(OH)–C–C–N with tert-alkyl or cyclic N) is 1. The second-order valence-electron chi connectivity index (χ2n) is 11.0. The molecule has 2 aliphatic heterocycles. The minimum Gasteiger partial charge on any atom is -0.390 e. The van der Waals surface area contributed by atoms with E-state index < -0.39 is 23.9 Å². The van der Waals surface area contributed by atoms with Gasteiger partial charge < -0.3 is 25.6 Å². The van der Waals surface area contributed by atoms with Gasteiger partial charge in [0.25, 0.3) is 0 Å². The Morgan fingerprint density at radius 3 is 2.48 bits per heavy atom. The Bertz CT molecular complexity index is 1650. The number of aromatic nitrogens is 4. The van der Waals surface area contributed by atoms with Crippen molar-refractivity contribution < 1.29 is 23.1 Å². The van der Waals surface area contributed by atoms with Crippen LogP contribution in [0, 0.1) is 0 Å². The maximum Gasteiger partial charge on any atom is 0.416 e. The number of benzene rings is 2. The molecule has 13 heteroatoms. The van der Waals surface area contributed by atoms with Crippen LogP contribution in [0.1, 0.15) is 35.7 Å². The van der Waals surface area contributed by atoms with Crippen molar-refractivity contribution in [2.45, 2.75) is 50.7 Å². The van der Waals surface area contributed by atoms with Crippen LogP contribution in [0.3, 0.4) is 0 Å². The molecule has 4 N–H and O–H groups in total. The smallest absolute Gasteiger partial charge is 0.390 e. The SMILES string of the molecule is NC(=O)N1CCc2c(c(-c3ccc(C(F)(F)F)cc3)nn2CC(O)CN2CCC(n3c(=O)[nH]c4ccccc43)CC2)C1. The van der Waals surface area contributed by atoms with Gasteiger partial charge in [-0.3, -0.25) is 9.25 Å². The number of fused-ring (bicyclic) bond motifs is 2. The molecule has 1 unspecified atom stereocenters. The van der Waals surface area contributed by atoms with E-state index in [2.05, 4.69) is 9.88 Å². The van der Waals surface area contributed by atoms with Gasteiger partial charge in [0.2, 0.25) is 0 Å². The van der Waals surface area contributed by atoms with Crippen LogP contribution in [-0.2, 0) is 25.7 Å². The van der Waals surface area contributed by atoms with Gasteiger partial charge in [0.05, 0.1) is 41.5 Å². The molecule has 0 aliphatic carbocycles. The van der Waals surface area contributed by atoms with Crippen molar-refractivity contribution in [1.82, 2.24) is 29.1 Å². The normalized spacial score (nSPS) is 17.5. The average molecular weight is 584 g/mol. The third-order valence-corrected chi connectivity index (χ3v) is 8.33. The number of nitrogens with two attached hydrogens (primary N) is 1. The van der Waals surface area contributed by atoms with Crippen molar-refractivity contribution >= 4 is 17.1 Å². The molecule has 0 bridgehead atoms. The molecular weight excluding hydrogens is 551 g/mol. The number of nitrogens with zero attached hydrogens (tertiary/aromatic N) is 5. The van der Waals surface area contributed by atoms with E-state index in [1.165, 1.54) is 17.0 Å². The number of nitrogens with one attached hydrogen (secondary N) is 1. The van der Waals surface area contributed by atoms with Gasteiger partial charge in [-0.05, 0) is 37.1 Å². The number of para-hydroxylation sites is 2. The Kier molecular flexibility index (Phi) is 7.31. The first-order chi connectivity index (χ1) is 20.1. The molecule has 2 aromatic heterocycles. The lowest BCUT2D eigenvalue weighted by atomic mass is 10.00. The molecule has 0 spiro atoms. The number of alkyl halides is 3. The molecule has 1 atom stereocenters. The standard InChI is InChI=1S/C29H32F3N7O3/c30-29(31,32)19-7-5-18(6-8-19)26-22-17-37(27(33)41)14-11-24(22)38(35-26)16-21(40)15-36-12-9-20(10-13-36)39-25-4-2-1-3-23(25)34-28(39)42/h1-8,20-21,40H,9-17H2,(H2,33,41)(H,34,42). The first kappa shape index (κ1) is 28.0. The summed E-state index contributed by atoms with van der Waals surface area (Å²) in [6.45, 7) is 2.62. The summed E-state index contributed by atoms with van der Waals surface area (Å²) in [6.07, 6.45) is -3.21. The summed E-state index contributed by atoms with van der Waals surface area (Å²) >= 11 is 0. The zero-order valence-corrected chi connectivity index (χ0v) is 22.8. The second kappa shape index (κ2) is 11.0. The van der Waals surface area contributed by atoms with Crippen LogP contribution in [0.15, 0.2) is 53.3 Å². The van der Waals surface area contributed by atoms with Crippen LogP contribution in [0.25, 0.3) is 22.3 Å². The summed E-state index contributed by atoms with van der Waals surface area (Å²) in [5, 5.41) is 15.8. The number of likely N-dealkylation sites (tertiary alicyclic amines) is 1. The number of rotatable bonds is 6. The van der Waals surface area contributed by atoms with Gasteiger partial charge in [-0.15, -0.1) is 0 Å². The van der Waals surface area contributed by atoms with Crippen LogP contribution in [0.4, 0.5) is 18.0 Å². The van der Waals surface area contributed by atoms with Gasteiger partial charge >= 0.3 is 17.9 Å². The van der Waals surface area contributed by atoms with Crippen molar-refractivity contribution in [2.24, 2.45) is 5.73 Å². The third kappa shape index (κ3) is 5.41. The van der Waals surface area contributed by atoms with Crippen LogP contribution in [-0.4, -0.2) is 72.6 Å². The fourth-order valence-corrected chi connectivity index (χ4v) is 6.23. The van der Waals surface area contributed by atoms with Gasteiger partial charge in [0, 0.05) is 55.5 Å². The average Bonchev–Trinajstić information content (AvgIpc) is 3.49. The molecule has 0 radical (unpaired) electrons. The van der Waals surface area contributed by atoms with E-state index in [4.69, 9.17) is 10.8 Å². The number of hydrogen-bond donors (Lipinski definition) is 3. The fraction of sp³-hybridized carbons (Fsp3) is 0.414. The zero-order valence-electron chi connectivity index (χ0n) is 22.8. The predicted molar refractivity (Wildman–Crippen MR) is 150 cm³/mol. The molecule has 6 rings (SSSR count). The van der Waals surface area contributed by atoms with E-state index in [1.54, 1.807) is 4.68 Å². The number of carbonyl (C=O) groups is 1. The molecule has 1 fully saturated rings. The first-order valence-corrected chi connectivity index (χ1v) is 14.0.